The molecule has 1 aromatic rings. The van der Waals surface area contributed by atoms with Gasteiger partial charge in [0.1, 0.15) is 21.8 Å². The summed E-state index contributed by atoms with van der Waals surface area (Å²) in [6, 6.07) is 2.13. The largest absolute Gasteiger partial charge is 0.357 e. The van der Waals surface area contributed by atoms with Gasteiger partial charge >= 0.3 is 0 Å². The number of carbonyl (C=O) groups excluding carboxylic acids is 1. The van der Waals surface area contributed by atoms with E-state index in [9.17, 15) is 14.9 Å². The second-order valence-corrected chi connectivity index (χ2v) is 10.4. The van der Waals surface area contributed by atoms with Gasteiger partial charge in [0.15, 0.2) is 0 Å². The zero-order chi connectivity index (χ0) is 24.0. The van der Waals surface area contributed by atoms with Crippen molar-refractivity contribution in [2.75, 3.05) is 24.5 Å². The molecule has 1 amide bonds. The van der Waals surface area contributed by atoms with E-state index in [1.807, 2.05) is 13.0 Å². The van der Waals surface area contributed by atoms with Gasteiger partial charge in [-0.05, 0) is 50.7 Å². The maximum atomic E-state index is 13.3. The number of pyridine rings is 1. The molecule has 0 radical (unpaired) electrons. The number of carbonyl (C=O) groups is 1. The van der Waals surface area contributed by atoms with Crippen LogP contribution in [0.5, 0.6) is 0 Å². The SMILES string of the molecule is CCCCCN1C(=O)/C(=C\c2c(C)c(C#N)c(=O)n(CCCC)c2N2CCCCC2)SC1=S. The molecule has 0 atom stereocenters. The van der Waals surface area contributed by atoms with Crippen LogP contribution in [0, 0.1) is 18.3 Å². The quantitative estimate of drug-likeness (QED) is 0.271. The van der Waals surface area contributed by atoms with Gasteiger partial charge in [-0.25, -0.2) is 0 Å². The molecule has 2 aliphatic rings. The molecule has 0 N–H and O–H groups in total. The summed E-state index contributed by atoms with van der Waals surface area (Å²) in [5.74, 6) is 0.774. The first kappa shape index (κ1) is 25.5. The average molecular weight is 487 g/mol. The molecule has 0 aliphatic carbocycles. The first-order valence-electron chi connectivity index (χ1n) is 12.1. The zero-order valence-corrected chi connectivity index (χ0v) is 21.6. The highest BCUT2D eigenvalue weighted by Gasteiger charge is 2.33. The Bertz CT molecular complexity index is 1030. The van der Waals surface area contributed by atoms with Crippen LogP contribution in [0.4, 0.5) is 5.82 Å². The summed E-state index contributed by atoms with van der Waals surface area (Å²) in [4.78, 5) is 31.0. The number of amides is 1. The summed E-state index contributed by atoms with van der Waals surface area (Å²) < 4.78 is 2.35. The number of rotatable bonds is 9. The number of anilines is 1. The van der Waals surface area contributed by atoms with Crippen molar-refractivity contribution < 1.29 is 4.79 Å². The number of thioether (sulfide) groups is 1. The number of hydrogen-bond acceptors (Lipinski definition) is 6. The van der Waals surface area contributed by atoms with E-state index >= 15 is 0 Å². The standard InChI is InChI=1S/C25H34N4O2S2/c1-4-6-9-15-29-24(31)21(33-25(29)32)16-19-18(3)20(17-26)23(30)28(14-7-5-2)22(19)27-12-10-8-11-13-27/h16H,4-15H2,1-3H3/b21-16+. The zero-order valence-electron chi connectivity index (χ0n) is 20.0. The maximum absolute atomic E-state index is 13.3. The number of aromatic nitrogens is 1. The third-order valence-corrected chi connectivity index (χ3v) is 7.75. The van der Waals surface area contributed by atoms with Crippen LogP contribution >= 0.6 is 24.0 Å². The van der Waals surface area contributed by atoms with Crippen LogP contribution in [0.1, 0.15) is 81.9 Å². The van der Waals surface area contributed by atoms with Crippen molar-refractivity contribution in [2.45, 2.75) is 78.7 Å². The van der Waals surface area contributed by atoms with Crippen LogP contribution < -0.4 is 10.5 Å². The van der Waals surface area contributed by atoms with Crippen LogP contribution in [-0.2, 0) is 11.3 Å². The van der Waals surface area contributed by atoms with Gasteiger partial charge in [0.2, 0.25) is 0 Å². The summed E-state index contributed by atoms with van der Waals surface area (Å²) in [6.45, 7) is 8.99. The third-order valence-electron chi connectivity index (χ3n) is 6.37. The number of unbranched alkanes of at least 4 members (excludes halogenated alkanes) is 3. The van der Waals surface area contributed by atoms with E-state index in [2.05, 4.69) is 24.8 Å². The van der Waals surface area contributed by atoms with Crippen molar-refractivity contribution in [3.05, 3.63) is 31.9 Å². The fourth-order valence-corrected chi connectivity index (χ4v) is 5.75. The molecule has 0 bridgehead atoms. The molecule has 0 spiro atoms. The molecule has 6 nitrogen and oxygen atoms in total. The van der Waals surface area contributed by atoms with Crippen molar-refractivity contribution in [1.29, 1.82) is 5.26 Å². The molecular weight excluding hydrogens is 452 g/mol. The molecule has 2 aliphatic heterocycles. The fourth-order valence-electron chi connectivity index (χ4n) is 4.46. The Kier molecular flexibility index (Phi) is 9.16. The minimum absolute atomic E-state index is 0.0742. The van der Waals surface area contributed by atoms with Crippen molar-refractivity contribution in [2.24, 2.45) is 0 Å². The van der Waals surface area contributed by atoms with E-state index in [0.717, 1.165) is 69.4 Å². The minimum Gasteiger partial charge on any atom is -0.357 e. The Labute approximate surface area is 206 Å². The molecule has 178 valence electrons. The van der Waals surface area contributed by atoms with Crippen LogP contribution in [0.2, 0.25) is 0 Å². The normalized spacial score (nSPS) is 17.8. The highest BCUT2D eigenvalue weighted by molar-refractivity contribution is 8.26. The molecular formula is C25H34N4O2S2. The summed E-state index contributed by atoms with van der Waals surface area (Å²) >= 11 is 6.83. The highest BCUT2D eigenvalue weighted by atomic mass is 32.2. The van der Waals surface area contributed by atoms with Crippen LogP contribution in [-0.4, -0.2) is 39.3 Å². The van der Waals surface area contributed by atoms with Gasteiger partial charge < -0.3 is 4.90 Å². The fraction of sp³-hybridized carbons (Fsp3) is 0.600. The number of piperidine rings is 1. The second-order valence-electron chi connectivity index (χ2n) is 8.75. The molecule has 0 unspecified atom stereocenters. The third kappa shape index (κ3) is 5.52. The van der Waals surface area contributed by atoms with E-state index in [1.165, 1.54) is 18.2 Å². The number of nitriles is 1. The smallest absolute Gasteiger partial charge is 0.270 e. The van der Waals surface area contributed by atoms with Crippen molar-refractivity contribution in [3.8, 4) is 6.07 Å². The number of nitrogens with zero attached hydrogens (tertiary/aromatic N) is 4. The van der Waals surface area contributed by atoms with E-state index < -0.39 is 0 Å². The van der Waals surface area contributed by atoms with E-state index in [4.69, 9.17) is 12.2 Å². The lowest BCUT2D eigenvalue weighted by Crippen LogP contribution is -2.37. The second kappa shape index (κ2) is 11.8. The number of hydrogen-bond donors (Lipinski definition) is 0. The van der Waals surface area contributed by atoms with Crippen molar-refractivity contribution in [3.63, 3.8) is 0 Å². The van der Waals surface area contributed by atoms with Gasteiger partial charge in [-0.2, -0.15) is 5.26 Å². The van der Waals surface area contributed by atoms with Crippen LogP contribution in [0.15, 0.2) is 9.70 Å². The van der Waals surface area contributed by atoms with Gasteiger partial charge in [-0.1, -0.05) is 57.1 Å². The predicted molar refractivity (Wildman–Crippen MR) is 141 cm³/mol. The van der Waals surface area contributed by atoms with Gasteiger partial charge in [-0.15, -0.1) is 0 Å². The lowest BCUT2D eigenvalue weighted by Gasteiger charge is -2.33. The highest BCUT2D eigenvalue weighted by Crippen LogP contribution is 2.36. The lowest BCUT2D eigenvalue weighted by molar-refractivity contribution is -0.122. The predicted octanol–water partition coefficient (Wildman–Crippen LogP) is 5.21. The van der Waals surface area contributed by atoms with Crippen molar-refractivity contribution >= 4 is 46.1 Å². The van der Waals surface area contributed by atoms with Gasteiger partial charge in [0, 0.05) is 31.7 Å². The topological polar surface area (TPSA) is 69.3 Å². The lowest BCUT2D eigenvalue weighted by atomic mass is 10.0. The van der Waals surface area contributed by atoms with E-state index in [-0.39, 0.29) is 17.0 Å². The molecule has 0 saturated carbocycles. The summed E-state index contributed by atoms with van der Waals surface area (Å²) in [5, 5.41) is 9.79. The Morgan fingerprint density at radius 3 is 2.39 bits per heavy atom. The molecule has 8 heteroatoms. The van der Waals surface area contributed by atoms with Gasteiger partial charge in [-0.3, -0.25) is 19.1 Å². The van der Waals surface area contributed by atoms with Gasteiger partial charge in [0.25, 0.3) is 11.5 Å². The molecule has 0 aromatic carbocycles. The Balaban J connectivity index is 2.13. The molecule has 2 fully saturated rings. The Morgan fingerprint density at radius 2 is 1.76 bits per heavy atom. The summed E-state index contributed by atoms with van der Waals surface area (Å²) in [6.07, 6.45) is 10.1. The van der Waals surface area contributed by atoms with E-state index in [1.54, 1.807) is 9.47 Å². The Morgan fingerprint density at radius 1 is 1.06 bits per heavy atom. The van der Waals surface area contributed by atoms with Gasteiger partial charge in [0.05, 0.1) is 4.91 Å². The van der Waals surface area contributed by atoms with Crippen LogP contribution in [0.25, 0.3) is 6.08 Å². The van der Waals surface area contributed by atoms with E-state index in [0.29, 0.717) is 27.9 Å². The molecule has 3 rings (SSSR count). The molecule has 1 aromatic heterocycles. The Hall–Kier alpha value is -2.11. The average Bonchev–Trinajstić information content (AvgIpc) is 3.08. The van der Waals surface area contributed by atoms with Crippen molar-refractivity contribution in [1.82, 2.24) is 9.47 Å². The summed E-state index contributed by atoms with van der Waals surface area (Å²) in [5.41, 5.74) is 1.38. The monoisotopic (exact) mass is 486 g/mol. The molecule has 2 saturated heterocycles. The minimum atomic E-state index is -0.228. The summed E-state index contributed by atoms with van der Waals surface area (Å²) in [7, 11) is 0. The molecule has 3 heterocycles. The first-order valence-corrected chi connectivity index (χ1v) is 13.3. The van der Waals surface area contributed by atoms with Crippen LogP contribution in [0.3, 0.4) is 0 Å². The number of thiocarbonyl (C=S) groups is 1. The maximum Gasteiger partial charge on any atom is 0.270 e. The molecule has 33 heavy (non-hydrogen) atoms. The first-order chi connectivity index (χ1) is 15.9.